The third kappa shape index (κ3) is 2.81. The molecule has 0 aliphatic heterocycles. The van der Waals surface area contributed by atoms with Crippen LogP contribution < -0.4 is 10.5 Å². The summed E-state index contributed by atoms with van der Waals surface area (Å²) in [5, 5.41) is 8.06. The molecule has 1 aromatic rings. The smallest absolute Gasteiger partial charge is 0.276 e. The van der Waals surface area contributed by atoms with Crippen molar-refractivity contribution in [3.63, 3.8) is 0 Å². The van der Waals surface area contributed by atoms with Crippen molar-refractivity contribution in [3.8, 4) is 0 Å². The normalized spacial score (nSPS) is 10.5. The lowest BCUT2D eigenvalue weighted by Crippen LogP contribution is -2.30. The first-order chi connectivity index (χ1) is 7.57. The highest BCUT2D eigenvalue weighted by Crippen LogP contribution is 2.03. The van der Waals surface area contributed by atoms with E-state index < -0.39 is 0 Å². The van der Waals surface area contributed by atoms with E-state index in [1.165, 1.54) is 0 Å². The van der Waals surface area contributed by atoms with Crippen LogP contribution in [0, 0.1) is 0 Å². The van der Waals surface area contributed by atoms with E-state index in [2.05, 4.69) is 17.1 Å². The Morgan fingerprint density at radius 1 is 1.25 bits per heavy atom. The third-order valence-corrected chi connectivity index (χ3v) is 2.53. The van der Waals surface area contributed by atoms with E-state index in [0.29, 0.717) is 11.6 Å². The van der Waals surface area contributed by atoms with E-state index in [4.69, 9.17) is 0 Å². The van der Waals surface area contributed by atoms with Crippen LogP contribution in [0.5, 0.6) is 0 Å². The van der Waals surface area contributed by atoms with Crippen molar-refractivity contribution in [2.24, 2.45) is 7.05 Å². The molecule has 5 nitrogen and oxygen atoms in total. The summed E-state index contributed by atoms with van der Waals surface area (Å²) in [4.78, 5) is 13.7. The second-order valence-electron chi connectivity index (χ2n) is 4.16. The van der Waals surface area contributed by atoms with Gasteiger partial charge in [-0.3, -0.25) is 9.36 Å². The molecule has 0 radical (unpaired) electrons. The number of aryl methyl sites for hydroxylation is 1. The predicted octanol–water partition coefficient (Wildman–Crippen LogP) is 0.974. The lowest BCUT2D eigenvalue weighted by atomic mass is 10.2. The minimum absolute atomic E-state index is 0.0326. The zero-order chi connectivity index (χ0) is 12.1. The Balaban J connectivity index is 2.90. The Morgan fingerprint density at radius 3 is 2.50 bits per heavy atom. The van der Waals surface area contributed by atoms with Crippen molar-refractivity contribution < 1.29 is 0 Å². The summed E-state index contributed by atoms with van der Waals surface area (Å²) in [5.74, 6) is 0.587. The van der Waals surface area contributed by atoms with Crippen LogP contribution in [0.25, 0.3) is 0 Å². The first-order valence-electron chi connectivity index (χ1n) is 5.67. The number of unbranched alkanes of at least 4 members (excludes halogenated alkanes) is 2. The van der Waals surface area contributed by atoms with Gasteiger partial charge in [0.05, 0.1) is 0 Å². The summed E-state index contributed by atoms with van der Waals surface area (Å²) >= 11 is 0. The summed E-state index contributed by atoms with van der Waals surface area (Å²) in [6, 6.07) is 0. The van der Waals surface area contributed by atoms with Crippen LogP contribution in [0.4, 0.5) is 5.95 Å². The molecule has 90 valence electrons. The Morgan fingerprint density at radius 2 is 1.94 bits per heavy atom. The second-order valence-corrected chi connectivity index (χ2v) is 4.16. The quantitative estimate of drug-likeness (QED) is 0.699. The number of nitrogens with zero attached hydrogens (tertiary/aromatic N) is 4. The Bertz CT molecular complexity index is 397. The molecule has 0 aromatic carbocycles. The molecular formula is C11H20N4O. The summed E-state index contributed by atoms with van der Waals surface area (Å²) in [7, 11) is 5.43. The highest BCUT2D eigenvalue weighted by molar-refractivity contribution is 5.26. The van der Waals surface area contributed by atoms with Crippen LogP contribution in [0.15, 0.2) is 4.79 Å². The average molecular weight is 224 g/mol. The topological polar surface area (TPSA) is 51.0 Å². The first-order valence-corrected chi connectivity index (χ1v) is 5.67. The molecule has 5 heteroatoms. The fourth-order valence-corrected chi connectivity index (χ4v) is 1.59. The van der Waals surface area contributed by atoms with Crippen LogP contribution in [0.2, 0.25) is 0 Å². The lowest BCUT2D eigenvalue weighted by Gasteiger charge is -2.14. The third-order valence-electron chi connectivity index (χ3n) is 2.53. The highest BCUT2D eigenvalue weighted by Gasteiger charge is 2.09. The molecule has 0 unspecified atom stereocenters. The standard InChI is InChI=1S/C11H20N4O/c1-5-6-7-8-9-10(16)15(4)11(13-12-9)14(2)3/h5-8H2,1-4H3. The van der Waals surface area contributed by atoms with Crippen LogP contribution in [-0.2, 0) is 13.5 Å². The second kappa shape index (κ2) is 5.63. The minimum Gasteiger partial charge on any atom is -0.347 e. The van der Waals surface area contributed by atoms with Gasteiger partial charge in [0.25, 0.3) is 5.56 Å². The van der Waals surface area contributed by atoms with Gasteiger partial charge in [-0.15, -0.1) is 10.2 Å². The molecular weight excluding hydrogens is 204 g/mol. The zero-order valence-electron chi connectivity index (χ0n) is 10.5. The zero-order valence-corrected chi connectivity index (χ0v) is 10.5. The molecule has 0 saturated heterocycles. The Hall–Kier alpha value is -1.39. The van der Waals surface area contributed by atoms with Crippen LogP contribution in [-0.4, -0.2) is 28.9 Å². The molecule has 0 fully saturated rings. The van der Waals surface area contributed by atoms with Gasteiger partial charge >= 0.3 is 0 Å². The van der Waals surface area contributed by atoms with Crippen LogP contribution >= 0.6 is 0 Å². The monoisotopic (exact) mass is 224 g/mol. The molecule has 0 bridgehead atoms. The van der Waals surface area contributed by atoms with Gasteiger partial charge in [-0.2, -0.15) is 0 Å². The maximum atomic E-state index is 11.9. The molecule has 0 atom stereocenters. The number of anilines is 1. The summed E-state index contributed by atoms with van der Waals surface area (Å²) in [5.41, 5.74) is 0.538. The van der Waals surface area contributed by atoms with E-state index in [0.717, 1.165) is 25.7 Å². The fourth-order valence-electron chi connectivity index (χ4n) is 1.59. The Labute approximate surface area is 96.1 Å². The van der Waals surface area contributed by atoms with E-state index in [1.807, 2.05) is 14.1 Å². The predicted molar refractivity (Wildman–Crippen MR) is 64.8 cm³/mol. The lowest BCUT2D eigenvalue weighted by molar-refractivity contribution is 0.662. The molecule has 0 saturated carbocycles. The van der Waals surface area contributed by atoms with Crippen molar-refractivity contribution >= 4 is 5.95 Å². The van der Waals surface area contributed by atoms with Gasteiger partial charge in [0, 0.05) is 21.1 Å². The van der Waals surface area contributed by atoms with Crippen LogP contribution in [0.3, 0.4) is 0 Å². The molecule has 1 heterocycles. The molecule has 1 aromatic heterocycles. The van der Waals surface area contributed by atoms with Crippen LogP contribution in [0.1, 0.15) is 31.9 Å². The van der Waals surface area contributed by atoms with E-state index in [-0.39, 0.29) is 5.56 Å². The molecule has 16 heavy (non-hydrogen) atoms. The largest absolute Gasteiger partial charge is 0.347 e. The van der Waals surface area contributed by atoms with Crippen molar-refractivity contribution in [3.05, 3.63) is 16.0 Å². The number of hydrogen-bond donors (Lipinski definition) is 0. The highest BCUT2D eigenvalue weighted by atomic mass is 16.1. The van der Waals surface area contributed by atoms with Crippen molar-refractivity contribution in [2.45, 2.75) is 32.6 Å². The number of hydrogen-bond acceptors (Lipinski definition) is 4. The van der Waals surface area contributed by atoms with Gasteiger partial charge < -0.3 is 4.90 Å². The average Bonchev–Trinajstić information content (AvgIpc) is 2.24. The van der Waals surface area contributed by atoms with E-state index in [9.17, 15) is 4.79 Å². The minimum atomic E-state index is -0.0326. The van der Waals surface area contributed by atoms with E-state index >= 15 is 0 Å². The van der Waals surface area contributed by atoms with Crippen molar-refractivity contribution in [2.75, 3.05) is 19.0 Å². The van der Waals surface area contributed by atoms with Gasteiger partial charge in [-0.05, 0) is 12.8 Å². The fraction of sp³-hybridized carbons (Fsp3) is 0.727. The van der Waals surface area contributed by atoms with Gasteiger partial charge in [-0.1, -0.05) is 19.8 Å². The molecule has 0 aliphatic rings. The van der Waals surface area contributed by atoms with Crippen molar-refractivity contribution in [1.29, 1.82) is 0 Å². The Kier molecular flexibility index (Phi) is 4.46. The molecule has 0 aliphatic carbocycles. The molecule has 0 spiro atoms. The summed E-state index contributed by atoms with van der Waals surface area (Å²) in [6.07, 6.45) is 3.99. The van der Waals surface area contributed by atoms with Gasteiger partial charge in [0.2, 0.25) is 5.95 Å². The summed E-state index contributed by atoms with van der Waals surface area (Å²) in [6.45, 7) is 2.14. The summed E-state index contributed by atoms with van der Waals surface area (Å²) < 4.78 is 1.55. The molecule has 0 N–H and O–H groups in total. The number of rotatable bonds is 5. The van der Waals surface area contributed by atoms with E-state index in [1.54, 1.807) is 16.5 Å². The first kappa shape index (κ1) is 12.7. The van der Waals surface area contributed by atoms with Crippen molar-refractivity contribution in [1.82, 2.24) is 14.8 Å². The maximum Gasteiger partial charge on any atom is 0.276 e. The number of aromatic nitrogens is 3. The van der Waals surface area contributed by atoms with Gasteiger partial charge in [-0.25, -0.2) is 0 Å². The molecule has 1 rings (SSSR count). The van der Waals surface area contributed by atoms with Gasteiger partial charge in [0.15, 0.2) is 0 Å². The SMILES string of the molecule is CCCCCc1nnc(N(C)C)n(C)c1=O. The molecule has 0 amide bonds. The maximum absolute atomic E-state index is 11.9. The van der Waals surface area contributed by atoms with Gasteiger partial charge in [0.1, 0.15) is 5.69 Å².